The van der Waals surface area contributed by atoms with Crippen LogP contribution in [-0.4, -0.2) is 10.7 Å². The summed E-state index contributed by atoms with van der Waals surface area (Å²) in [6.45, 7) is 0. The Hall–Kier alpha value is -2.81. The second-order valence-electron chi connectivity index (χ2n) is 7.35. The minimum absolute atomic E-state index is 0.0501. The van der Waals surface area contributed by atoms with Crippen LogP contribution >= 0.6 is 0 Å². The lowest BCUT2D eigenvalue weighted by atomic mass is 9.97. The molecule has 2 aromatic carbocycles. The molecule has 1 aromatic heterocycles. The number of hydrogen-bond acceptors (Lipinski definition) is 2. The van der Waals surface area contributed by atoms with Crippen LogP contribution in [0, 0.1) is 0 Å². The van der Waals surface area contributed by atoms with Crippen molar-refractivity contribution in [2.45, 2.75) is 38.2 Å². The molecule has 1 saturated carbocycles. The van der Waals surface area contributed by atoms with Crippen molar-refractivity contribution in [1.82, 2.24) is 4.57 Å². The van der Waals surface area contributed by atoms with Gasteiger partial charge in [-0.2, -0.15) is 0 Å². The summed E-state index contributed by atoms with van der Waals surface area (Å²) in [5.74, 6) is 0.853. The molecular weight excluding hydrogens is 334 g/mol. The molecule has 3 aromatic rings. The van der Waals surface area contributed by atoms with Gasteiger partial charge in [-0.1, -0.05) is 48.9 Å². The van der Waals surface area contributed by atoms with E-state index in [4.69, 9.17) is 4.74 Å². The van der Waals surface area contributed by atoms with E-state index in [9.17, 15) is 4.79 Å². The molecule has 1 fully saturated rings. The predicted octanol–water partition coefficient (Wildman–Crippen LogP) is 5.43. The molecule has 0 saturated heterocycles. The van der Waals surface area contributed by atoms with Crippen LogP contribution in [0.4, 0.5) is 0 Å². The molecule has 0 amide bonds. The number of hydrogen-bond donors (Lipinski definition) is 0. The number of pyridine rings is 1. The molecule has 3 nitrogen and oxygen atoms in total. The highest BCUT2D eigenvalue weighted by Gasteiger charge is 2.16. The SMILES string of the molecule is Cn1cc(-c2ccccc2)c(=O)c(-c2cccc(OC3CCCCC3)c2)c1. The average molecular weight is 359 g/mol. The Balaban J connectivity index is 1.70. The van der Waals surface area contributed by atoms with Crippen molar-refractivity contribution in [2.75, 3.05) is 0 Å². The van der Waals surface area contributed by atoms with E-state index in [2.05, 4.69) is 0 Å². The average Bonchev–Trinajstić information content (AvgIpc) is 2.71. The summed E-state index contributed by atoms with van der Waals surface area (Å²) < 4.78 is 8.15. The minimum Gasteiger partial charge on any atom is -0.490 e. The smallest absolute Gasteiger partial charge is 0.197 e. The molecule has 0 atom stereocenters. The van der Waals surface area contributed by atoms with Gasteiger partial charge < -0.3 is 9.30 Å². The number of benzene rings is 2. The Morgan fingerprint density at radius 1 is 0.852 bits per heavy atom. The summed E-state index contributed by atoms with van der Waals surface area (Å²) in [5.41, 5.74) is 3.31. The van der Waals surface area contributed by atoms with Gasteiger partial charge in [-0.25, -0.2) is 0 Å². The van der Waals surface area contributed by atoms with Crippen LogP contribution in [-0.2, 0) is 7.05 Å². The van der Waals surface area contributed by atoms with Crippen LogP contribution in [0.5, 0.6) is 5.75 Å². The minimum atomic E-state index is 0.0501. The van der Waals surface area contributed by atoms with Gasteiger partial charge in [0, 0.05) is 30.6 Å². The normalized spacial score (nSPS) is 14.9. The Morgan fingerprint density at radius 2 is 1.52 bits per heavy atom. The molecule has 4 rings (SSSR count). The Bertz CT molecular complexity index is 969. The van der Waals surface area contributed by atoms with E-state index in [1.807, 2.05) is 78.6 Å². The molecule has 0 spiro atoms. The Kier molecular flexibility index (Phi) is 5.10. The van der Waals surface area contributed by atoms with Crippen LogP contribution in [0.3, 0.4) is 0 Å². The van der Waals surface area contributed by atoms with E-state index in [1.165, 1.54) is 19.3 Å². The molecule has 1 heterocycles. The fraction of sp³-hybridized carbons (Fsp3) is 0.292. The number of nitrogens with zero attached hydrogens (tertiary/aromatic N) is 1. The first-order chi connectivity index (χ1) is 13.2. The standard InChI is InChI=1S/C24H25NO2/c1-25-16-22(18-9-4-2-5-10-18)24(26)23(17-25)19-11-8-14-21(15-19)27-20-12-6-3-7-13-20/h2,4-5,8-11,14-17,20H,3,6-7,12-13H2,1H3. The predicted molar refractivity (Wildman–Crippen MR) is 110 cm³/mol. The maximum absolute atomic E-state index is 13.2. The Labute approximate surface area is 160 Å². The summed E-state index contributed by atoms with van der Waals surface area (Å²) in [7, 11) is 1.96. The molecule has 0 bridgehead atoms. The van der Waals surface area contributed by atoms with Crippen LogP contribution in [0.1, 0.15) is 32.1 Å². The molecule has 0 aliphatic heterocycles. The van der Waals surface area contributed by atoms with Crippen LogP contribution in [0.25, 0.3) is 22.3 Å². The molecule has 0 N–H and O–H groups in total. The topological polar surface area (TPSA) is 31.2 Å². The third-order valence-electron chi connectivity index (χ3n) is 5.24. The van der Waals surface area contributed by atoms with Crippen molar-refractivity contribution in [1.29, 1.82) is 0 Å². The third kappa shape index (κ3) is 3.97. The molecule has 27 heavy (non-hydrogen) atoms. The van der Waals surface area contributed by atoms with Gasteiger partial charge in [0.05, 0.1) is 6.10 Å². The molecule has 1 aliphatic rings. The van der Waals surface area contributed by atoms with Gasteiger partial charge in [-0.15, -0.1) is 0 Å². The lowest BCUT2D eigenvalue weighted by molar-refractivity contribution is 0.155. The van der Waals surface area contributed by atoms with E-state index in [0.717, 1.165) is 29.7 Å². The van der Waals surface area contributed by atoms with Gasteiger partial charge in [0.1, 0.15) is 5.75 Å². The maximum atomic E-state index is 13.2. The first kappa shape index (κ1) is 17.6. The highest BCUT2D eigenvalue weighted by atomic mass is 16.5. The molecule has 138 valence electrons. The Morgan fingerprint density at radius 3 is 2.26 bits per heavy atom. The van der Waals surface area contributed by atoms with E-state index in [1.54, 1.807) is 0 Å². The third-order valence-corrected chi connectivity index (χ3v) is 5.24. The van der Waals surface area contributed by atoms with Crippen molar-refractivity contribution >= 4 is 0 Å². The molecule has 0 unspecified atom stereocenters. The lowest BCUT2D eigenvalue weighted by Gasteiger charge is -2.23. The first-order valence-corrected chi connectivity index (χ1v) is 9.73. The zero-order valence-corrected chi connectivity index (χ0v) is 15.7. The van der Waals surface area contributed by atoms with Crippen molar-refractivity contribution in [2.24, 2.45) is 7.05 Å². The zero-order chi connectivity index (χ0) is 18.6. The second-order valence-corrected chi connectivity index (χ2v) is 7.35. The van der Waals surface area contributed by atoms with Gasteiger partial charge in [-0.05, 0) is 48.9 Å². The first-order valence-electron chi connectivity index (χ1n) is 9.73. The van der Waals surface area contributed by atoms with Crippen LogP contribution in [0.15, 0.2) is 71.8 Å². The molecule has 3 heteroatoms. The van der Waals surface area contributed by atoms with Gasteiger partial charge in [0.2, 0.25) is 0 Å². The van der Waals surface area contributed by atoms with Crippen molar-refractivity contribution < 1.29 is 4.74 Å². The van der Waals surface area contributed by atoms with Crippen LogP contribution < -0.4 is 10.2 Å². The fourth-order valence-electron chi connectivity index (χ4n) is 3.85. The van der Waals surface area contributed by atoms with E-state index in [0.29, 0.717) is 17.2 Å². The zero-order valence-electron chi connectivity index (χ0n) is 15.7. The van der Waals surface area contributed by atoms with E-state index >= 15 is 0 Å². The molecule has 1 aliphatic carbocycles. The summed E-state index contributed by atoms with van der Waals surface area (Å²) in [5, 5.41) is 0. The lowest BCUT2D eigenvalue weighted by Crippen LogP contribution is -2.19. The molecule has 0 radical (unpaired) electrons. The summed E-state index contributed by atoms with van der Waals surface area (Å²) in [6.07, 6.45) is 10.1. The largest absolute Gasteiger partial charge is 0.490 e. The highest BCUT2D eigenvalue weighted by molar-refractivity contribution is 5.72. The van der Waals surface area contributed by atoms with Gasteiger partial charge in [-0.3, -0.25) is 4.79 Å². The molecular formula is C24H25NO2. The quantitative estimate of drug-likeness (QED) is 0.622. The van der Waals surface area contributed by atoms with Gasteiger partial charge >= 0.3 is 0 Å². The van der Waals surface area contributed by atoms with Gasteiger partial charge in [0.25, 0.3) is 0 Å². The number of aromatic nitrogens is 1. The van der Waals surface area contributed by atoms with E-state index < -0.39 is 0 Å². The monoisotopic (exact) mass is 359 g/mol. The van der Waals surface area contributed by atoms with Crippen molar-refractivity contribution in [3.05, 3.63) is 77.2 Å². The van der Waals surface area contributed by atoms with E-state index in [-0.39, 0.29) is 5.43 Å². The highest BCUT2D eigenvalue weighted by Crippen LogP contribution is 2.27. The number of rotatable bonds is 4. The van der Waals surface area contributed by atoms with Gasteiger partial charge in [0.15, 0.2) is 5.43 Å². The summed E-state index contributed by atoms with van der Waals surface area (Å²) >= 11 is 0. The maximum Gasteiger partial charge on any atom is 0.197 e. The summed E-state index contributed by atoms with van der Waals surface area (Å²) in [6, 6.07) is 17.8. The van der Waals surface area contributed by atoms with Crippen LogP contribution in [0.2, 0.25) is 0 Å². The van der Waals surface area contributed by atoms with Crippen molar-refractivity contribution in [3.63, 3.8) is 0 Å². The van der Waals surface area contributed by atoms with Crippen molar-refractivity contribution in [3.8, 4) is 28.0 Å². The second kappa shape index (κ2) is 7.83. The number of aryl methyl sites for hydroxylation is 1. The fourth-order valence-corrected chi connectivity index (χ4v) is 3.85. The summed E-state index contributed by atoms with van der Waals surface area (Å²) in [4.78, 5) is 13.2. The number of ether oxygens (including phenoxy) is 1.